The smallest absolute Gasteiger partial charge is 0.244 e. The first kappa shape index (κ1) is 24.4. The molecule has 0 spiro atoms. The van der Waals surface area contributed by atoms with Crippen LogP contribution < -0.4 is 5.32 Å². The van der Waals surface area contributed by atoms with Crippen LogP contribution in [0.1, 0.15) is 44.9 Å². The number of benzene rings is 1. The number of halogens is 2. The molecule has 2 amide bonds. The SMILES string of the molecule is N#CC1(NC(=O)[C@@H]2C[C@@H](S(=O)(=O)c3ccccc3Cl)CN2C(=O)C2(C3=CC(Cl)=CCC3)CC2)CC1. The number of carbonyl (C=O) groups excluding carboxylic acids is 2. The summed E-state index contributed by atoms with van der Waals surface area (Å²) >= 11 is 12.4. The van der Waals surface area contributed by atoms with E-state index in [2.05, 4.69) is 11.4 Å². The molecule has 7 nitrogen and oxygen atoms in total. The number of hydrogen-bond acceptors (Lipinski definition) is 5. The molecule has 0 radical (unpaired) electrons. The number of amides is 2. The highest BCUT2D eigenvalue weighted by atomic mass is 35.5. The van der Waals surface area contributed by atoms with Gasteiger partial charge in [0.1, 0.15) is 11.6 Å². The van der Waals surface area contributed by atoms with Gasteiger partial charge in [-0.15, -0.1) is 0 Å². The fourth-order valence-electron chi connectivity index (χ4n) is 5.17. The van der Waals surface area contributed by atoms with Gasteiger partial charge in [-0.25, -0.2) is 8.42 Å². The van der Waals surface area contributed by atoms with Gasteiger partial charge in [0.05, 0.1) is 26.7 Å². The molecule has 0 bridgehead atoms. The van der Waals surface area contributed by atoms with E-state index in [0.29, 0.717) is 37.1 Å². The topological polar surface area (TPSA) is 107 Å². The van der Waals surface area contributed by atoms with Crippen LogP contribution in [0.3, 0.4) is 0 Å². The second-order valence-electron chi connectivity index (χ2n) is 9.87. The second-order valence-corrected chi connectivity index (χ2v) is 12.9. The van der Waals surface area contributed by atoms with E-state index in [-0.39, 0.29) is 28.8 Å². The zero-order valence-corrected chi connectivity index (χ0v) is 21.3. The standard InChI is InChI=1S/C25H25Cl2N3O4S/c26-17-5-3-4-16(12-17)25(10-11-25)23(32)30-14-18(35(33,34)21-7-2-1-6-19(21)27)13-20(30)22(31)29-24(15-28)8-9-24/h1-2,5-7,12,18,20H,3-4,8-11,13-14H2,(H,29,31)/t18-,20+/m1/s1. The highest BCUT2D eigenvalue weighted by Gasteiger charge is 2.58. The number of carbonyl (C=O) groups is 2. The molecular weight excluding hydrogens is 509 g/mol. The number of sulfone groups is 1. The molecule has 1 saturated heterocycles. The molecule has 1 N–H and O–H groups in total. The van der Waals surface area contributed by atoms with Crippen molar-refractivity contribution >= 4 is 44.9 Å². The van der Waals surface area contributed by atoms with E-state index in [0.717, 1.165) is 12.0 Å². The lowest BCUT2D eigenvalue weighted by atomic mass is 9.87. The fraction of sp³-hybridized carbons (Fsp3) is 0.480. The molecule has 3 aliphatic carbocycles. The van der Waals surface area contributed by atoms with Crippen LogP contribution in [0.2, 0.25) is 5.02 Å². The number of nitriles is 1. The summed E-state index contributed by atoms with van der Waals surface area (Å²) in [5, 5.41) is 11.9. The molecule has 5 rings (SSSR count). The lowest BCUT2D eigenvalue weighted by molar-refractivity contribution is -0.142. The molecule has 1 aromatic carbocycles. The Bertz CT molecular complexity index is 1310. The number of hydrogen-bond donors (Lipinski definition) is 1. The molecule has 2 saturated carbocycles. The molecule has 1 aliphatic heterocycles. The maximum absolute atomic E-state index is 13.9. The van der Waals surface area contributed by atoms with Gasteiger partial charge < -0.3 is 10.2 Å². The van der Waals surface area contributed by atoms with E-state index in [1.54, 1.807) is 12.1 Å². The lowest BCUT2D eigenvalue weighted by Gasteiger charge is -2.30. The van der Waals surface area contributed by atoms with E-state index in [1.165, 1.54) is 17.0 Å². The predicted molar refractivity (Wildman–Crippen MR) is 131 cm³/mol. The van der Waals surface area contributed by atoms with Crippen LogP contribution in [-0.4, -0.2) is 48.5 Å². The van der Waals surface area contributed by atoms with Gasteiger partial charge >= 0.3 is 0 Å². The Labute approximate surface area is 214 Å². The van der Waals surface area contributed by atoms with E-state index in [4.69, 9.17) is 23.2 Å². The normalized spacial score (nSPS) is 26.3. The number of nitrogens with zero attached hydrogens (tertiary/aromatic N) is 2. The summed E-state index contributed by atoms with van der Waals surface area (Å²) in [5.41, 5.74) is -0.739. The van der Waals surface area contributed by atoms with Crippen molar-refractivity contribution in [2.75, 3.05) is 6.54 Å². The third-order valence-electron chi connectivity index (χ3n) is 7.57. The van der Waals surface area contributed by atoms with E-state index in [9.17, 15) is 23.3 Å². The number of nitrogens with one attached hydrogen (secondary N) is 1. The fourth-order valence-corrected chi connectivity index (χ4v) is 7.63. The summed E-state index contributed by atoms with van der Waals surface area (Å²) in [7, 11) is -3.91. The van der Waals surface area contributed by atoms with Crippen LogP contribution in [0.15, 0.2) is 51.9 Å². The van der Waals surface area contributed by atoms with Crippen LogP contribution in [0.4, 0.5) is 0 Å². The first-order valence-electron chi connectivity index (χ1n) is 11.7. The van der Waals surface area contributed by atoms with Gasteiger partial charge in [-0.3, -0.25) is 9.59 Å². The highest BCUT2D eigenvalue weighted by molar-refractivity contribution is 7.92. The average Bonchev–Trinajstić information content (AvgIpc) is 3.75. The summed E-state index contributed by atoms with van der Waals surface area (Å²) in [6, 6.07) is 7.33. The predicted octanol–water partition coefficient (Wildman–Crippen LogP) is 3.88. The van der Waals surface area contributed by atoms with Gasteiger partial charge in [-0.1, -0.05) is 47.0 Å². The molecule has 184 valence electrons. The maximum atomic E-state index is 13.9. The Balaban J connectivity index is 1.47. The molecule has 3 fully saturated rings. The minimum atomic E-state index is -3.91. The third kappa shape index (κ3) is 4.28. The van der Waals surface area contributed by atoms with Crippen molar-refractivity contribution < 1.29 is 18.0 Å². The van der Waals surface area contributed by atoms with Crippen LogP contribution in [-0.2, 0) is 19.4 Å². The van der Waals surface area contributed by atoms with Gasteiger partial charge in [0.2, 0.25) is 11.8 Å². The molecule has 35 heavy (non-hydrogen) atoms. The van der Waals surface area contributed by atoms with Crippen molar-refractivity contribution in [2.45, 2.75) is 66.7 Å². The van der Waals surface area contributed by atoms with Crippen LogP contribution in [0.25, 0.3) is 0 Å². The second kappa shape index (κ2) is 8.65. The van der Waals surface area contributed by atoms with E-state index >= 15 is 0 Å². The first-order chi connectivity index (χ1) is 16.6. The highest BCUT2D eigenvalue weighted by Crippen LogP contribution is 2.56. The lowest BCUT2D eigenvalue weighted by Crippen LogP contribution is -2.51. The summed E-state index contributed by atoms with van der Waals surface area (Å²) in [4.78, 5) is 28.6. The molecule has 0 aromatic heterocycles. The zero-order valence-electron chi connectivity index (χ0n) is 19.0. The van der Waals surface area contributed by atoms with Crippen molar-refractivity contribution in [1.82, 2.24) is 10.2 Å². The monoisotopic (exact) mass is 533 g/mol. The Morgan fingerprint density at radius 2 is 1.86 bits per heavy atom. The molecule has 10 heteroatoms. The van der Waals surface area contributed by atoms with Crippen molar-refractivity contribution in [3.63, 3.8) is 0 Å². The van der Waals surface area contributed by atoms with Crippen molar-refractivity contribution in [3.8, 4) is 6.07 Å². The molecule has 0 unspecified atom stereocenters. The first-order valence-corrected chi connectivity index (χ1v) is 14.0. The Hall–Kier alpha value is -2.34. The largest absolute Gasteiger partial charge is 0.336 e. The van der Waals surface area contributed by atoms with Crippen LogP contribution in [0, 0.1) is 16.7 Å². The van der Waals surface area contributed by atoms with Crippen molar-refractivity contribution in [3.05, 3.63) is 52.0 Å². The Morgan fingerprint density at radius 3 is 2.46 bits per heavy atom. The molecule has 4 aliphatic rings. The average molecular weight is 534 g/mol. The Morgan fingerprint density at radius 1 is 1.14 bits per heavy atom. The minimum absolute atomic E-state index is 0.0103. The van der Waals surface area contributed by atoms with Gasteiger partial charge in [-0.2, -0.15) is 5.26 Å². The number of likely N-dealkylation sites (tertiary alicyclic amines) is 1. The van der Waals surface area contributed by atoms with Gasteiger partial charge in [0.25, 0.3) is 0 Å². The summed E-state index contributed by atoms with van der Waals surface area (Å²) < 4.78 is 27.0. The number of allylic oxidation sites excluding steroid dienone is 3. The number of rotatable bonds is 6. The van der Waals surface area contributed by atoms with Gasteiger partial charge in [0.15, 0.2) is 9.84 Å². The Kier molecular flexibility index (Phi) is 6.02. The van der Waals surface area contributed by atoms with Gasteiger partial charge in [-0.05, 0) is 63.2 Å². The van der Waals surface area contributed by atoms with Gasteiger partial charge in [0, 0.05) is 11.6 Å². The molecule has 1 aromatic rings. The third-order valence-corrected chi connectivity index (χ3v) is 10.5. The molecule has 2 atom stereocenters. The van der Waals surface area contributed by atoms with Crippen molar-refractivity contribution in [1.29, 1.82) is 5.26 Å². The molecule has 1 heterocycles. The molecular formula is C25H25Cl2N3O4S. The van der Waals surface area contributed by atoms with E-state index in [1.807, 2.05) is 12.2 Å². The minimum Gasteiger partial charge on any atom is -0.336 e. The summed E-state index contributed by atoms with van der Waals surface area (Å²) in [6.07, 6.45) is 7.46. The quantitative estimate of drug-likeness (QED) is 0.596. The van der Waals surface area contributed by atoms with Crippen LogP contribution >= 0.6 is 23.2 Å². The van der Waals surface area contributed by atoms with E-state index < -0.39 is 38.0 Å². The van der Waals surface area contributed by atoms with Crippen molar-refractivity contribution in [2.24, 2.45) is 5.41 Å². The summed E-state index contributed by atoms with van der Waals surface area (Å²) in [5.74, 6) is -0.727. The van der Waals surface area contributed by atoms with Crippen LogP contribution in [0.5, 0.6) is 0 Å². The zero-order chi connectivity index (χ0) is 25.0. The summed E-state index contributed by atoms with van der Waals surface area (Å²) in [6.45, 7) is -0.109. The maximum Gasteiger partial charge on any atom is 0.244 e.